The van der Waals surface area contributed by atoms with Crippen LogP contribution in [0.2, 0.25) is 0 Å². The maximum absolute atomic E-state index is 12.2. The molecule has 0 atom stereocenters. The van der Waals surface area contributed by atoms with Crippen molar-refractivity contribution < 1.29 is 9.53 Å². The quantitative estimate of drug-likeness (QED) is 0.185. The molecule has 0 spiro atoms. The lowest BCUT2D eigenvalue weighted by Gasteiger charge is -2.04. The molecule has 0 saturated carbocycles. The number of carbonyl (C=O) groups is 1. The van der Waals surface area contributed by atoms with Crippen molar-refractivity contribution in [3.05, 3.63) is 77.9 Å². The van der Waals surface area contributed by atoms with Gasteiger partial charge in [-0.15, -0.1) is 10.2 Å². The summed E-state index contributed by atoms with van der Waals surface area (Å²) in [6.45, 7) is 1.85. The minimum Gasteiger partial charge on any atom is -0.497 e. The van der Waals surface area contributed by atoms with Crippen molar-refractivity contribution in [1.29, 1.82) is 0 Å². The smallest absolute Gasteiger partial charge is 0.250 e. The van der Waals surface area contributed by atoms with Crippen LogP contribution in [0.4, 0.5) is 0 Å². The molecule has 4 aromatic rings. The Morgan fingerprint density at radius 3 is 2.52 bits per heavy atom. The van der Waals surface area contributed by atoms with Crippen LogP contribution < -0.4 is 10.2 Å². The standard InChI is InChI=1S/C24H22N4O2S3/c1-16(17-10-12-20(30-2)13-11-17)25-26-22(29)15-32-24-28-27-23(33-24)31-14-19-8-5-7-18-6-3-4-9-21(18)19/h3-13H,14-15H2,1-2H3,(H,26,29)/b25-16+. The number of nitrogens with one attached hydrogen (secondary N) is 1. The van der Waals surface area contributed by atoms with Crippen LogP contribution in [0.3, 0.4) is 0 Å². The first-order valence-corrected chi connectivity index (χ1v) is 12.9. The summed E-state index contributed by atoms with van der Waals surface area (Å²) >= 11 is 4.52. The van der Waals surface area contributed by atoms with Crippen LogP contribution in [-0.4, -0.2) is 34.7 Å². The summed E-state index contributed by atoms with van der Waals surface area (Å²) in [7, 11) is 1.62. The molecule has 4 rings (SSSR count). The Morgan fingerprint density at radius 1 is 1.00 bits per heavy atom. The predicted octanol–water partition coefficient (Wildman–Crippen LogP) is 5.62. The highest BCUT2D eigenvalue weighted by atomic mass is 32.2. The van der Waals surface area contributed by atoms with E-state index >= 15 is 0 Å². The molecule has 6 nitrogen and oxygen atoms in total. The average Bonchev–Trinajstić information content (AvgIpc) is 3.32. The normalized spacial score (nSPS) is 11.5. The third-order valence-electron chi connectivity index (χ3n) is 4.80. The molecule has 0 saturated heterocycles. The van der Waals surface area contributed by atoms with Gasteiger partial charge in [0.1, 0.15) is 5.75 Å². The summed E-state index contributed by atoms with van der Waals surface area (Å²) in [5, 5.41) is 15.1. The van der Waals surface area contributed by atoms with Crippen LogP contribution >= 0.6 is 34.9 Å². The van der Waals surface area contributed by atoms with Gasteiger partial charge in [-0.3, -0.25) is 4.79 Å². The number of carbonyl (C=O) groups excluding carboxylic acids is 1. The van der Waals surface area contributed by atoms with Gasteiger partial charge in [-0.05, 0) is 53.1 Å². The van der Waals surface area contributed by atoms with Gasteiger partial charge in [0.15, 0.2) is 8.68 Å². The zero-order valence-corrected chi connectivity index (χ0v) is 20.6. The van der Waals surface area contributed by atoms with Crippen molar-refractivity contribution in [2.45, 2.75) is 21.4 Å². The summed E-state index contributed by atoms with van der Waals surface area (Å²) in [4.78, 5) is 12.2. The van der Waals surface area contributed by atoms with Crippen molar-refractivity contribution in [1.82, 2.24) is 15.6 Å². The SMILES string of the molecule is COc1ccc(/C(C)=N/NC(=O)CSc2nnc(SCc3cccc4ccccc34)s2)cc1. The lowest BCUT2D eigenvalue weighted by atomic mass is 10.1. The number of benzene rings is 3. The molecule has 0 aliphatic carbocycles. The molecule has 0 aliphatic rings. The predicted molar refractivity (Wildman–Crippen MR) is 137 cm³/mol. The minimum atomic E-state index is -0.187. The van der Waals surface area contributed by atoms with Crippen molar-refractivity contribution in [2.75, 3.05) is 12.9 Å². The maximum atomic E-state index is 12.2. The van der Waals surface area contributed by atoms with Crippen molar-refractivity contribution >= 4 is 57.3 Å². The van der Waals surface area contributed by atoms with E-state index in [0.717, 1.165) is 31.5 Å². The fourth-order valence-corrected chi connectivity index (χ4v) is 5.89. The number of amides is 1. The molecule has 0 fully saturated rings. The first-order chi connectivity index (χ1) is 16.1. The Balaban J connectivity index is 1.26. The van der Waals surface area contributed by atoms with Crippen LogP contribution in [0, 0.1) is 0 Å². The van der Waals surface area contributed by atoms with E-state index in [1.807, 2.05) is 31.2 Å². The first kappa shape index (κ1) is 23.3. The number of thioether (sulfide) groups is 2. The number of nitrogens with zero attached hydrogens (tertiary/aromatic N) is 3. The Labute approximate surface area is 204 Å². The molecule has 3 aromatic carbocycles. The summed E-state index contributed by atoms with van der Waals surface area (Å²) < 4.78 is 6.81. The van der Waals surface area contributed by atoms with Gasteiger partial charge in [0, 0.05) is 5.75 Å². The molecule has 33 heavy (non-hydrogen) atoms. The van der Waals surface area contributed by atoms with Crippen LogP contribution in [0.5, 0.6) is 5.75 Å². The van der Waals surface area contributed by atoms with E-state index in [2.05, 4.69) is 63.2 Å². The number of hydrazone groups is 1. The zero-order chi connectivity index (χ0) is 23.0. The number of methoxy groups -OCH3 is 1. The molecule has 1 aromatic heterocycles. The van der Waals surface area contributed by atoms with E-state index in [9.17, 15) is 4.79 Å². The summed E-state index contributed by atoms with van der Waals surface area (Å²) in [6, 6.07) is 22.2. The molecular weight excluding hydrogens is 472 g/mol. The van der Waals surface area contributed by atoms with Gasteiger partial charge >= 0.3 is 0 Å². The second kappa shape index (κ2) is 11.3. The van der Waals surface area contributed by atoms with Gasteiger partial charge in [-0.2, -0.15) is 5.10 Å². The van der Waals surface area contributed by atoms with Crippen LogP contribution in [-0.2, 0) is 10.5 Å². The van der Waals surface area contributed by atoms with Gasteiger partial charge in [0.25, 0.3) is 5.91 Å². The van der Waals surface area contributed by atoms with E-state index in [1.54, 1.807) is 18.9 Å². The average molecular weight is 495 g/mol. The second-order valence-corrected chi connectivity index (χ2v) is 10.4. The summed E-state index contributed by atoms with van der Waals surface area (Å²) in [5.41, 5.74) is 5.51. The molecule has 1 heterocycles. The van der Waals surface area contributed by atoms with Gasteiger partial charge in [-0.25, -0.2) is 5.43 Å². The van der Waals surface area contributed by atoms with Gasteiger partial charge in [0.05, 0.1) is 18.6 Å². The third kappa shape index (κ3) is 6.34. The van der Waals surface area contributed by atoms with Crippen LogP contribution in [0.25, 0.3) is 10.8 Å². The largest absolute Gasteiger partial charge is 0.497 e. The first-order valence-electron chi connectivity index (χ1n) is 10.2. The van der Waals surface area contributed by atoms with Gasteiger partial charge in [0.2, 0.25) is 0 Å². The molecule has 0 unspecified atom stereocenters. The number of fused-ring (bicyclic) bond motifs is 1. The highest BCUT2D eigenvalue weighted by Gasteiger charge is 2.10. The monoisotopic (exact) mass is 494 g/mol. The van der Waals surface area contributed by atoms with Gasteiger partial charge < -0.3 is 4.74 Å². The van der Waals surface area contributed by atoms with Gasteiger partial charge in [-0.1, -0.05) is 77.3 Å². The summed E-state index contributed by atoms with van der Waals surface area (Å²) in [5.74, 6) is 1.63. The highest BCUT2D eigenvalue weighted by Crippen LogP contribution is 2.32. The van der Waals surface area contributed by atoms with Crippen molar-refractivity contribution in [3.8, 4) is 5.75 Å². The minimum absolute atomic E-state index is 0.187. The Morgan fingerprint density at radius 2 is 1.73 bits per heavy atom. The topological polar surface area (TPSA) is 76.5 Å². The molecule has 0 aliphatic heterocycles. The molecule has 0 radical (unpaired) electrons. The highest BCUT2D eigenvalue weighted by molar-refractivity contribution is 8.03. The number of hydrogen-bond donors (Lipinski definition) is 1. The van der Waals surface area contributed by atoms with E-state index in [0.29, 0.717) is 0 Å². The van der Waals surface area contributed by atoms with E-state index in [4.69, 9.17) is 4.74 Å². The van der Waals surface area contributed by atoms with Crippen LogP contribution in [0.1, 0.15) is 18.1 Å². The van der Waals surface area contributed by atoms with E-state index < -0.39 is 0 Å². The van der Waals surface area contributed by atoms with Crippen LogP contribution in [0.15, 0.2) is 80.5 Å². The molecule has 1 N–H and O–H groups in total. The Bertz CT molecular complexity index is 1270. The van der Waals surface area contributed by atoms with Crippen molar-refractivity contribution in [2.24, 2.45) is 5.10 Å². The number of rotatable bonds is 9. The molecule has 0 bridgehead atoms. The number of ether oxygens (including phenoxy) is 1. The lowest BCUT2D eigenvalue weighted by Crippen LogP contribution is -2.21. The fourth-order valence-electron chi connectivity index (χ4n) is 3.07. The maximum Gasteiger partial charge on any atom is 0.250 e. The molecule has 1 amide bonds. The van der Waals surface area contributed by atoms with Crippen molar-refractivity contribution in [3.63, 3.8) is 0 Å². The number of hydrogen-bond acceptors (Lipinski definition) is 8. The molecule has 9 heteroatoms. The Hall–Kier alpha value is -2.88. The lowest BCUT2D eigenvalue weighted by molar-refractivity contribution is -0.118. The third-order valence-corrected chi connectivity index (χ3v) is 8.04. The Kier molecular flexibility index (Phi) is 7.98. The summed E-state index contributed by atoms with van der Waals surface area (Å²) in [6.07, 6.45) is 0. The zero-order valence-electron chi connectivity index (χ0n) is 18.1. The van der Waals surface area contributed by atoms with E-state index in [-0.39, 0.29) is 11.7 Å². The van der Waals surface area contributed by atoms with E-state index in [1.165, 1.54) is 39.4 Å². The fraction of sp³-hybridized carbons (Fsp3) is 0.167. The second-order valence-electron chi connectivity index (χ2n) is 7.01. The number of aromatic nitrogens is 2. The molecular formula is C24H22N4O2S3. The molecule has 168 valence electrons.